The lowest BCUT2D eigenvalue weighted by atomic mass is 10.0. The van der Waals surface area contributed by atoms with Crippen molar-refractivity contribution in [3.05, 3.63) is 59.9 Å². The van der Waals surface area contributed by atoms with Crippen molar-refractivity contribution in [2.45, 2.75) is 26.1 Å². The third-order valence-corrected chi connectivity index (χ3v) is 4.69. The van der Waals surface area contributed by atoms with E-state index in [9.17, 15) is 22.4 Å². The molecule has 1 aliphatic carbocycles. The van der Waals surface area contributed by atoms with Crippen LogP contribution >= 0.6 is 0 Å². The van der Waals surface area contributed by atoms with Gasteiger partial charge >= 0.3 is 6.36 Å². The molecule has 2 unspecified atom stereocenters. The van der Waals surface area contributed by atoms with Gasteiger partial charge in [0.2, 0.25) is 5.91 Å². The molecule has 0 bridgehead atoms. The Morgan fingerprint density at radius 3 is 2.38 bits per heavy atom. The van der Waals surface area contributed by atoms with Crippen LogP contribution in [0.4, 0.5) is 23.2 Å². The van der Waals surface area contributed by atoms with Crippen LogP contribution in [0, 0.1) is 17.2 Å². The number of carbonyl (C=O) groups excluding carboxylic acids is 1. The number of hydrogen-bond donors (Lipinski definition) is 1. The Bertz CT molecular complexity index is 818. The number of carbonyl (C=O) groups is 1. The van der Waals surface area contributed by atoms with Crippen LogP contribution in [0.3, 0.4) is 0 Å². The molecule has 1 fully saturated rings. The number of hydrogen-bond acceptors (Lipinski definition) is 2. The lowest BCUT2D eigenvalue weighted by Gasteiger charge is -2.14. The predicted octanol–water partition coefficient (Wildman–Crippen LogP) is 5.10. The number of halogens is 4. The second kappa shape index (κ2) is 6.30. The number of benzene rings is 2. The first kappa shape index (κ1) is 18.2. The third kappa shape index (κ3) is 3.66. The van der Waals surface area contributed by atoms with Gasteiger partial charge in [0.15, 0.2) is 5.75 Å². The van der Waals surface area contributed by atoms with Crippen molar-refractivity contribution in [2.75, 3.05) is 5.32 Å². The molecule has 0 spiro atoms. The van der Waals surface area contributed by atoms with Crippen LogP contribution in [-0.2, 0) is 4.79 Å². The molecule has 138 valence electrons. The van der Waals surface area contributed by atoms with Gasteiger partial charge in [-0.05, 0) is 23.1 Å². The monoisotopic (exact) mass is 367 g/mol. The highest BCUT2D eigenvalue weighted by Gasteiger charge is 2.62. The maximum Gasteiger partial charge on any atom is 0.573 e. The zero-order chi connectivity index (χ0) is 19.1. The van der Waals surface area contributed by atoms with Gasteiger partial charge in [-0.25, -0.2) is 4.39 Å². The Morgan fingerprint density at radius 1 is 1.12 bits per heavy atom. The summed E-state index contributed by atoms with van der Waals surface area (Å²) in [4.78, 5) is 12.6. The minimum atomic E-state index is -4.94. The number of nitrogens with one attached hydrogen (secondary N) is 1. The quantitative estimate of drug-likeness (QED) is 0.764. The molecular formula is C19H17F4NO2. The van der Waals surface area contributed by atoms with Crippen molar-refractivity contribution in [3.8, 4) is 5.75 Å². The molecule has 0 aromatic heterocycles. The Morgan fingerprint density at radius 2 is 1.77 bits per heavy atom. The summed E-state index contributed by atoms with van der Waals surface area (Å²) >= 11 is 0. The summed E-state index contributed by atoms with van der Waals surface area (Å²) in [6, 6.07) is 11.9. The van der Waals surface area contributed by atoms with E-state index in [-0.39, 0.29) is 17.0 Å². The number of rotatable bonds is 4. The highest BCUT2D eigenvalue weighted by Crippen LogP contribution is 2.64. The van der Waals surface area contributed by atoms with Gasteiger partial charge in [-0.1, -0.05) is 44.2 Å². The predicted molar refractivity (Wildman–Crippen MR) is 88.2 cm³/mol. The largest absolute Gasteiger partial charge is 0.573 e. The Kier molecular flexibility index (Phi) is 4.42. The molecule has 2 aromatic rings. The lowest BCUT2D eigenvalue weighted by Crippen LogP contribution is -2.21. The van der Waals surface area contributed by atoms with Gasteiger partial charge in [0.05, 0.1) is 11.6 Å². The zero-order valence-corrected chi connectivity index (χ0v) is 14.1. The van der Waals surface area contributed by atoms with E-state index in [1.807, 2.05) is 44.2 Å². The summed E-state index contributed by atoms with van der Waals surface area (Å²) < 4.78 is 54.8. The zero-order valence-electron chi connectivity index (χ0n) is 14.1. The minimum absolute atomic E-state index is 0.0655. The average Bonchev–Trinajstić information content (AvgIpc) is 3.12. The highest BCUT2D eigenvalue weighted by atomic mass is 19.4. The van der Waals surface area contributed by atoms with E-state index in [4.69, 9.17) is 0 Å². The number of alkyl halides is 3. The number of ether oxygens (including phenoxy) is 1. The van der Waals surface area contributed by atoms with Crippen LogP contribution in [0.2, 0.25) is 0 Å². The maximum atomic E-state index is 13.5. The Labute approximate surface area is 148 Å². The summed E-state index contributed by atoms with van der Waals surface area (Å²) in [5.74, 6) is -2.40. The van der Waals surface area contributed by atoms with Gasteiger partial charge < -0.3 is 10.1 Å². The van der Waals surface area contributed by atoms with E-state index in [2.05, 4.69) is 10.1 Å². The van der Waals surface area contributed by atoms with Gasteiger partial charge in [-0.2, -0.15) is 0 Å². The van der Waals surface area contributed by atoms with Crippen molar-refractivity contribution >= 4 is 11.6 Å². The molecule has 7 heteroatoms. The first-order chi connectivity index (χ1) is 12.1. The average molecular weight is 367 g/mol. The maximum absolute atomic E-state index is 13.5. The summed E-state index contributed by atoms with van der Waals surface area (Å²) in [7, 11) is 0. The summed E-state index contributed by atoms with van der Waals surface area (Å²) in [6.07, 6.45) is -4.94. The number of amides is 1. The van der Waals surface area contributed by atoms with Crippen molar-refractivity contribution in [2.24, 2.45) is 11.3 Å². The standard InChI is InChI=1S/C19H17F4NO2/c1-18(2)15(11-6-4-3-5-7-11)16(18)17(25)24-13-10-12(20)8-9-14(13)26-19(21,22)23/h3-10,15-16H,1-2H3,(H,24,25). The van der Waals surface area contributed by atoms with E-state index < -0.39 is 29.8 Å². The minimum Gasteiger partial charge on any atom is -0.404 e. The fraction of sp³-hybridized carbons (Fsp3) is 0.316. The summed E-state index contributed by atoms with van der Waals surface area (Å²) in [5.41, 5.74) is 0.273. The van der Waals surface area contributed by atoms with Crippen LogP contribution < -0.4 is 10.1 Å². The second-order valence-electron chi connectivity index (χ2n) is 6.86. The van der Waals surface area contributed by atoms with Crippen LogP contribution in [0.15, 0.2) is 48.5 Å². The highest BCUT2D eigenvalue weighted by molar-refractivity contribution is 5.97. The first-order valence-electron chi connectivity index (χ1n) is 8.01. The molecule has 0 heterocycles. The Balaban J connectivity index is 1.82. The molecule has 0 aliphatic heterocycles. The summed E-state index contributed by atoms with van der Waals surface area (Å²) in [5, 5.41) is 2.39. The van der Waals surface area contributed by atoms with Crippen molar-refractivity contribution in [1.82, 2.24) is 0 Å². The summed E-state index contributed by atoms with van der Waals surface area (Å²) in [6.45, 7) is 3.82. The van der Waals surface area contributed by atoms with Gasteiger partial charge in [-0.3, -0.25) is 4.79 Å². The fourth-order valence-corrected chi connectivity index (χ4v) is 3.43. The molecular weight excluding hydrogens is 350 g/mol. The molecule has 1 amide bonds. The molecule has 2 aromatic carbocycles. The van der Waals surface area contributed by atoms with Crippen LogP contribution in [0.25, 0.3) is 0 Å². The molecule has 1 saturated carbocycles. The normalized spacial score (nSPS) is 21.2. The van der Waals surface area contributed by atoms with E-state index in [0.29, 0.717) is 0 Å². The second-order valence-corrected chi connectivity index (χ2v) is 6.86. The molecule has 26 heavy (non-hydrogen) atoms. The molecule has 1 N–H and O–H groups in total. The molecule has 2 atom stereocenters. The molecule has 3 nitrogen and oxygen atoms in total. The smallest absolute Gasteiger partial charge is 0.404 e. The first-order valence-corrected chi connectivity index (χ1v) is 8.01. The molecule has 3 rings (SSSR count). The number of anilines is 1. The van der Waals surface area contributed by atoms with Crippen molar-refractivity contribution in [3.63, 3.8) is 0 Å². The topological polar surface area (TPSA) is 38.3 Å². The van der Waals surface area contributed by atoms with E-state index in [0.717, 1.165) is 23.8 Å². The van der Waals surface area contributed by atoms with Gasteiger partial charge in [0.1, 0.15) is 5.82 Å². The van der Waals surface area contributed by atoms with E-state index in [1.165, 1.54) is 0 Å². The molecule has 0 saturated heterocycles. The van der Waals surface area contributed by atoms with Crippen LogP contribution in [0.1, 0.15) is 25.3 Å². The van der Waals surface area contributed by atoms with E-state index in [1.54, 1.807) is 0 Å². The van der Waals surface area contributed by atoms with Gasteiger partial charge in [0, 0.05) is 12.0 Å². The van der Waals surface area contributed by atoms with Crippen LogP contribution in [-0.4, -0.2) is 12.3 Å². The van der Waals surface area contributed by atoms with Crippen LogP contribution in [0.5, 0.6) is 5.75 Å². The lowest BCUT2D eigenvalue weighted by molar-refractivity contribution is -0.274. The fourth-order valence-electron chi connectivity index (χ4n) is 3.43. The van der Waals surface area contributed by atoms with Gasteiger partial charge in [-0.15, -0.1) is 13.2 Å². The van der Waals surface area contributed by atoms with Crippen molar-refractivity contribution in [1.29, 1.82) is 0 Å². The Hall–Kier alpha value is -2.57. The molecule has 1 aliphatic rings. The van der Waals surface area contributed by atoms with Gasteiger partial charge in [0.25, 0.3) is 0 Å². The third-order valence-electron chi connectivity index (χ3n) is 4.69. The SMILES string of the molecule is CC1(C)C(C(=O)Nc2cc(F)ccc2OC(F)(F)F)C1c1ccccc1. The molecule has 0 radical (unpaired) electrons. The van der Waals surface area contributed by atoms with Crippen molar-refractivity contribution < 1.29 is 27.1 Å². The van der Waals surface area contributed by atoms with E-state index >= 15 is 0 Å².